The fourth-order valence-corrected chi connectivity index (χ4v) is 1.32. The van der Waals surface area contributed by atoms with Crippen LogP contribution in [0.25, 0.3) is 0 Å². The van der Waals surface area contributed by atoms with Crippen molar-refractivity contribution in [1.29, 1.82) is 0 Å². The summed E-state index contributed by atoms with van der Waals surface area (Å²) in [7, 11) is 0. The van der Waals surface area contributed by atoms with Gasteiger partial charge in [0.05, 0.1) is 6.42 Å². The average molecular weight is 205 g/mol. The summed E-state index contributed by atoms with van der Waals surface area (Å²) in [5.41, 5.74) is 5.14. The van der Waals surface area contributed by atoms with Gasteiger partial charge < -0.3 is 10.8 Å². The molecule has 3 N–H and O–H groups in total. The lowest BCUT2D eigenvalue weighted by molar-refractivity contribution is -0.137. The van der Waals surface area contributed by atoms with Crippen LogP contribution in [-0.4, -0.2) is 33.8 Å². The van der Waals surface area contributed by atoms with E-state index in [0.717, 1.165) is 11.8 Å². The molecule has 0 bridgehead atoms. The number of Topliss-reactive ketones (excluding diaryl/α,β-unsaturated/α-hetero) is 1. The number of hydrogen-bond acceptors (Lipinski definition) is 5. The molecule has 0 amide bonds. The molecule has 0 radical (unpaired) electrons. The number of aliphatic carboxylic acids is 1. The summed E-state index contributed by atoms with van der Waals surface area (Å²) in [5.74, 6) is -1.38. The third-order valence-corrected chi connectivity index (χ3v) is 2.13. The Kier molecular flexibility index (Phi) is 5.33. The van der Waals surface area contributed by atoms with E-state index in [2.05, 4.69) is 0 Å². The largest absolute Gasteiger partial charge is 0.480 e. The van der Waals surface area contributed by atoms with E-state index in [1.54, 1.807) is 0 Å². The topological polar surface area (TPSA) is 97.5 Å². The van der Waals surface area contributed by atoms with Crippen LogP contribution in [0.4, 0.5) is 0 Å². The van der Waals surface area contributed by atoms with Gasteiger partial charge in [-0.3, -0.25) is 14.4 Å². The van der Waals surface area contributed by atoms with E-state index in [1.807, 2.05) is 0 Å². The summed E-state index contributed by atoms with van der Waals surface area (Å²) in [6.07, 6.45) is -0.170. The molecule has 0 rings (SSSR count). The van der Waals surface area contributed by atoms with Crippen molar-refractivity contribution in [3.05, 3.63) is 0 Å². The van der Waals surface area contributed by atoms with Gasteiger partial charge in [0.2, 0.25) is 0 Å². The summed E-state index contributed by atoms with van der Waals surface area (Å²) in [6, 6.07) is -1.05. The molecule has 13 heavy (non-hydrogen) atoms. The van der Waals surface area contributed by atoms with Crippen molar-refractivity contribution in [2.45, 2.75) is 19.4 Å². The number of carboxylic acids is 1. The second-order valence-corrected chi connectivity index (χ2v) is 3.58. The predicted octanol–water partition coefficient (Wildman–Crippen LogP) is -0.363. The first-order valence-electron chi connectivity index (χ1n) is 3.57. The van der Waals surface area contributed by atoms with Gasteiger partial charge in [-0.25, -0.2) is 0 Å². The standard InChI is InChI=1S/C7H11NO4S/c1-4(9)2-6(10)13-3-5(8)7(11)12/h5H,2-3,8H2,1H3,(H,11,12). The Morgan fingerprint density at radius 2 is 2.00 bits per heavy atom. The monoisotopic (exact) mass is 205 g/mol. The van der Waals surface area contributed by atoms with Crippen molar-refractivity contribution in [3.8, 4) is 0 Å². The van der Waals surface area contributed by atoms with Gasteiger partial charge in [0, 0.05) is 5.75 Å². The SMILES string of the molecule is CC(=O)CC(=O)SCC(N)C(=O)O. The Labute approximate surface area is 79.7 Å². The normalized spacial score (nSPS) is 12.2. The summed E-state index contributed by atoms with van der Waals surface area (Å²) in [5, 5.41) is 8.02. The highest BCUT2D eigenvalue weighted by Crippen LogP contribution is 2.06. The van der Waals surface area contributed by atoms with Crippen LogP contribution in [0.1, 0.15) is 13.3 Å². The van der Waals surface area contributed by atoms with E-state index in [4.69, 9.17) is 10.8 Å². The highest BCUT2D eigenvalue weighted by molar-refractivity contribution is 8.13. The van der Waals surface area contributed by atoms with Crippen molar-refractivity contribution in [2.24, 2.45) is 5.73 Å². The molecule has 1 atom stereocenters. The third kappa shape index (κ3) is 6.30. The summed E-state index contributed by atoms with van der Waals surface area (Å²) in [6.45, 7) is 1.30. The van der Waals surface area contributed by atoms with E-state index in [0.29, 0.717) is 0 Å². The number of hydrogen-bond donors (Lipinski definition) is 2. The molecule has 0 aliphatic heterocycles. The molecule has 0 aromatic heterocycles. The Bertz CT molecular complexity index is 229. The van der Waals surface area contributed by atoms with Gasteiger partial charge in [-0.15, -0.1) is 0 Å². The molecule has 0 aliphatic carbocycles. The number of ketones is 1. The highest BCUT2D eigenvalue weighted by atomic mass is 32.2. The number of nitrogens with two attached hydrogens (primary N) is 1. The van der Waals surface area contributed by atoms with Gasteiger partial charge in [-0.2, -0.15) is 0 Å². The second-order valence-electron chi connectivity index (χ2n) is 2.51. The van der Waals surface area contributed by atoms with Crippen LogP contribution >= 0.6 is 11.8 Å². The molecule has 5 nitrogen and oxygen atoms in total. The molecule has 0 heterocycles. The Morgan fingerprint density at radius 1 is 1.46 bits per heavy atom. The van der Waals surface area contributed by atoms with Crippen LogP contribution in [0.3, 0.4) is 0 Å². The predicted molar refractivity (Wildman–Crippen MR) is 48.4 cm³/mol. The molecule has 0 aromatic carbocycles. The van der Waals surface area contributed by atoms with Crippen LogP contribution in [0.5, 0.6) is 0 Å². The highest BCUT2D eigenvalue weighted by Gasteiger charge is 2.14. The molecule has 0 saturated carbocycles. The lowest BCUT2D eigenvalue weighted by atomic mass is 10.3. The molecule has 6 heteroatoms. The van der Waals surface area contributed by atoms with Crippen molar-refractivity contribution in [1.82, 2.24) is 0 Å². The second kappa shape index (κ2) is 5.71. The number of rotatable bonds is 5. The van der Waals surface area contributed by atoms with Crippen molar-refractivity contribution in [3.63, 3.8) is 0 Å². The molecule has 0 aromatic rings. The summed E-state index contributed by atoms with van der Waals surface area (Å²) in [4.78, 5) is 31.5. The maximum Gasteiger partial charge on any atom is 0.321 e. The zero-order valence-corrected chi connectivity index (χ0v) is 7.97. The Hall–Kier alpha value is -0.880. The quantitative estimate of drug-likeness (QED) is 0.595. The van der Waals surface area contributed by atoms with Crippen molar-refractivity contribution in [2.75, 3.05) is 5.75 Å². The van der Waals surface area contributed by atoms with Crippen LogP contribution in [0.2, 0.25) is 0 Å². The minimum Gasteiger partial charge on any atom is -0.480 e. The summed E-state index contributed by atoms with van der Waals surface area (Å²) < 4.78 is 0. The van der Waals surface area contributed by atoms with Crippen molar-refractivity contribution < 1.29 is 19.5 Å². The molecule has 0 saturated heterocycles. The van der Waals surface area contributed by atoms with Crippen LogP contribution in [0.15, 0.2) is 0 Å². The third-order valence-electron chi connectivity index (χ3n) is 1.13. The Balaban J connectivity index is 3.70. The number of carboxylic acid groups (broad SMARTS) is 1. The van der Waals surface area contributed by atoms with E-state index in [1.165, 1.54) is 6.92 Å². The molecule has 0 aliphatic rings. The fourth-order valence-electron chi connectivity index (χ4n) is 0.508. The fraction of sp³-hybridized carbons (Fsp3) is 0.571. The first-order valence-corrected chi connectivity index (χ1v) is 4.55. The first kappa shape index (κ1) is 12.1. The van der Waals surface area contributed by atoms with Gasteiger partial charge in [0.25, 0.3) is 0 Å². The lowest BCUT2D eigenvalue weighted by Crippen LogP contribution is -2.32. The van der Waals surface area contributed by atoms with E-state index in [9.17, 15) is 14.4 Å². The lowest BCUT2D eigenvalue weighted by Gasteiger charge is -2.03. The number of carbonyl (C=O) groups excluding carboxylic acids is 2. The molecule has 0 spiro atoms. The number of thioether (sulfide) groups is 1. The van der Waals surface area contributed by atoms with Gasteiger partial charge in [0.1, 0.15) is 11.8 Å². The molecule has 0 fully saturated rings. The average Bonchev–Trinajstić information content (AvgIpc) is 1.98. The molecule has 74 valence electrons. The maximum absolute atomic E-state index is 10.9. The van der Waals surface area contributed by atoms with Gasteiger partial charge in [-0.05, 0) is 6.92 Å². The van der Waals surface area contributed by atoms with E-state index >= 15 is 0 Å². The molecular weight excluding hydrogens is 194 g/mol. The zero-order chi connectivity index (χ0) is 10.4. The minimum absolute atomic E-state index is 0.00144. The van der Waals surface area contributed by atoms with Gasteiger partial charge in [0.15, 0.2) is 5.12 Å². The minimum atomic E-state index is -1.15. The van der Waals surface area contributed by atoms with E-state index in [-0.39, 0.29) is 23.1 Å². The summed E-state index contributed by atoms with van der Waals surface area (Å²) >= 11 is 0.776. The van der Waals surface area contributed by atoms with Crippen LogP contribution in [-0.2, 0) is 14.4 Å². The van der Waals surface area contributed by atoms with Gasteiger partial charge in [-0.1, -0.05) is 11.8 Å². The number of carbonyl (C=O) groups is 3. The Morgan fingerprint density at radius 3 is 2.38 bits per heavy atom. The molecule has 1 unspecified atom stereocenters. The smallest absolute Gasteiger partial charge is 0.321 e. The maximum atomic E-state index is 10.9. The van der Waals surface area contributed by atoms with Crippen molar-refractivity contribution >= 4 is 28.6 Å². The van der Waals surface area contributed by atoms with Gasteiger partial charge >= 0.3 is 5.97 Å². The van der Waals surface area contributed by atoms with Crippen LogP contribution in [0, 0.1) is 0 Å². The van der Waals surface area contributed by atoms with Crippen LogP contribution < -0.4 is 5.73 Å². The van der Waals surface area contributed by atoms with E-state index < -0.39 is 12.0 Å². The molecular formula is C7H11NO4S. The zero-order valence-electron chi connectivity index (χ0n) is 7.15. The first-order chi connectivity index (χ1) is 5.93.